The summed E-state index contributed by atoms with van der Waals surface area (Å²) in [6.45, 7) is -0.503. The summed E-state index contributed by atoms with van der Waals surface area (Å²) in [5.41, 5.74) is 13.5. The highest BCUT2D eigenvalue weighted by atomic mass is 35.5. The molecule has 0 saturated carbocycles. The van der Waals surface area contributed by atoms with E-state index in [1.165, 1.54) is 12.1 Å². The van der Waals surface area contributed by atoms with Crippen molar-refractivity contribution in [2.75, 3.05) is 16.6 Å². The summed E-state index contributed by atoms with van der Waals surface area (Å²) in [4.78, 5) is 11.8. The van der Waals surface area contributed by atoms with Crippen molar-refractivity contribution in [3.8, 4) is 0 Å². The second kappa shape index (κ2) is 8.55. The highest BCUT2D eigenvalue weighted by molar-refractivity contribution is 7.92. The minimum Gasteiger partial charge on any atom is -0.399 e. The summed E-state index contributed by atoms with van der Waals surface area (Å²) < 4.78 is 27.6. The van der Waals surface area contributed by atoms with Crippen molar-refractivity contribution >= 4 is 38.9 Å². The topological polar surface area (TPSA) is 106 Å². The van der Waals surface area contributed by atoms with Gasteiger partial charge in [-0.1, -0.05) is 48.0 Å². The second-order valence-electron chi connectivity index (χ2n) is 6.45. The van der Waals surface area contributed by atoms with Gasteiger partial charge in [0.05, 0.1) is 10.6 Å². The Hall–Kier alpha value is -3.03. The Labute approximate surface area is 174 Å². The van der Waals surface area contributed by atoms with Crippen LogP contribution in [0.4, 0.5) is 11.4 Å². The quantitative estimate of drug-likeness (QED) is 0.562. The van der Waals surface area contributed by atoms with E-state index in [-0.39, 0.29) is 4.90 Å². The van der Waals surface area contributed by atoms with Gasteiger partial charge < -0.3 is 11.5 Å². The van der Waals surface area contributed by atoms with E-state index < -0.39 is 22.5 Å². The van der Waals surface area contributed by atoms with Crippen molar-refractivity contribution in [3.05, 3.63) is 88.9 Å². The Morgan fingerprint density at radius 2 is 1.59 bits per heavy atom. The first-order valence-electron chi connectivity index (χ1n) is 8.77. The maximum atomic E-state index is 13.3. The van der Waals surface area contributed by atoms with Crippen LogP contribution in [0.1, 0.15) is 11.1 Å². The molecule has 0 radical (unpaired) electrons. The number of halogens is 1. The normalized spacial score (nSPS) is 11.2. The molecule has 29 heavy (non-hydrogen) atoms. The lowest BCUT2D eigenvalue weighted by Crippen LogP contribution is -2.39. The molecule has 0 spiro atoms. The third kappa shape index (κ3) is 4.70. The van der Waals surface area contributed by atoms with Crippen molar-refractivity contribution < 1.29 is 13.2 Å². The summed E-state index contributed by atoms with van der Waals surface area (Å²) in [5.74, 6) is -0.773. The fraction of sp³-hybridized carbons (Fsp3) is 0.0952. The largest absolute Gasteiger partial charge is 0.399 e. The Morgan fingerprint density at radius 3 is 2.24 bits per heavy atom. The molecule has 6 nitrogen and oxygen atoms in total. The fourth-order valence-corrected chi connectivity index (χ4v) is 4.69. The van der Waals surface area contributed by atoms with Gasteiger partial charge in [0.2, 0.25) is 5.91 Å². The van der Waals surface area contributed by atoms with Gasteiger partial charge in [0.15, 0.2) is 0 Å². The van der Waals surface area contributed by atoms with Crippen LogP contribution in [0.15, 0.2) is 77.7 Å². The molecule has 0 heterocycles. The van der Waals surface area contributed by atoms with Crippen molar-refractivity contribution in [3.63, 3.8) is 0 Å². The van der Waals surface area contributed by atoms with E-state index in [1.807, 2.05) is 18.2 Å². The Kier molecular flexibility index (Phi) is 6.10. The highest BCUT2D eigenvalue weighted by Crippen LogP contribution is 2.31. The van der Waals surface area contributed by atoms with Crippen LogP contribution in [0.2, 0.25) is 5.02 Å². The van der Waals surface area contributed by atoms with Crippen LogP contribution < -0.4 is 15.8 Å². The Morgan fingerprint density at radius 1 is 0.931 bits per heavy atom. The molecule has 0 unspecified atom stereocenters. The van der Waals surface area contributed by atoms with Crippen LogP contribution in [-0.4, -0.2) is 20.9 Å². The van der Waals surface area contributed by atoms with Crippen LogP contribution >= 0.6 is 11.6 Å². The number of primary amides is 1. The molecular weight excluding hydrogens is 410 g/mol. The molecular formula is C21H20ClN3O3S. The molecule has 0 fully saturated rings. The first-order chi connectivity index (χ1) is 13.8. The van der Waals surface area contributed by atoms with E-state index in [4.69, 9.17) is 23.1 Å². The van der Waals surface area contributed by atoms with Crippen molar-refractivity contribution in [1.29, 1.82) is 0 Å². The Bertz CT molecular complexity index is 1130. The molecule has 1 amide bonds. The maximum Gasteiger partial charge on any atom is 0.264 e. The van der Waals surface area contributed by atoms with E-state index in [9.17, 15) is 13.2 Å². The third-order valence-electron chi connectivity index (χ3n) is 4.34. The first kappa shape index (κ1) is 20.7. The number of rotatable bonds is 7. The van der Waals surface area contributed by atoms with Gasteiger partial charge in [-0.3, -0.25) is 9.10 Å². The first-order valence-corrected chi connectivity index (χ1v) is 10.6. The van der Waals surface area contributed by atoms with E-state index >= 15 is 0 Å². The lowest BCUT2D eigenvalue weighted by atomic mass is 10.0. The number of hydrogen-bond acceptors (Lipinski definition) is 4. The Balaban J connectivity index is 2.14. The third-order valence-corrected chi connectivity index (χ3v) is 6.48. The smallest absolute Gasteiger partial charge is 0.264 e. The monoisotopic (exact) mass is 429 g/mol. The zero-order chi connectivity index (χ0) is 21.0. The molecule has 4 N–H and O–H groups in total. The molecule has 3 rings (SSSR count). The number of benzene rings is 3. The van der Waals surface area contributed by atoms with Crippen LogP contribution in [0.5, 0.6) is 0 Å². The van der Waals surface area contributed by atoms with Gasteiger partial charge in [-0.05, 0) is 47.5 Å². The molecule has 0 aliphatic carbocycles. The number of nitrogen functional groups attached to an aromatic ring is 1. The predicted octanol–water partition coefficient (Wildman–Crippen LogP) is 3.19. The SMILES string of the molecule is NC(=O)CN(c1ccc(N)cc1Cc1ccccc1Cl)S(=O)(=O)c1ccccc1. The number of carbonyl (C=O) groups excluding carboxylic acids is 1. The number of anilines is 2. The molecule has 0 aromatic heterocycles. The van der Waals surface area contributed by atoms with Gasteiger partial charge in [0.1, 0.15) is 6.54 Å². The summed E-state index contributed by atoms with van der Waals surface area (Å²) >= 11 is 6.28. The summed E-state index contributed by atoms with van der Waals surface area (Å²) in [7, 11) is -4.03. The number of nitrogens with zero attached hydrogens (tertiary/aromatic N) is 1. The van der Waals surface area contributed by atoms with Gasteiger partial charge in [0.25, 0.3) is 10.0 Å². The lowest BCUT2D eigenvalue weighted by Gasteiger charge is -2.26. The molecule has 3 aromatic rings. The maximum absolute atomic E-state index is 13.3. The standard InChI is InChI=1S/C21H20ClN3O3S/c22-19-9-5-4-6-15(19)12-16-13-17(23)10-11-20(16)25(14-21(24)26)29(27,28)18-7-2-1-3-8-18/h1-11,13H,12,14,23H2,(H2,24,26). The molecule has 3 aromatic carbocycles. The second-order valence-corrected chi connectivity index (χ2v) is 8.72. The summed E-state index contributed by atoms with van der Waals surface area (Å²) in [6, 6.07) is 20.0. The van der Waals surface area contributed by atoms with Crippen molar-refractivity contribution in [2.45, 2.75) is 11.3 Å². The van der Waals surface area contributed by atoms with E-state index in [0.717, 1.165) is 9.87 Å². The number of hydrogen-bond donors (Lipinski definition) is 2. The number of nitrogens with two attached hydrogens (primary N) is 2. The van der Waals surface area contributed by atoms with Crippen LogP contribution in [-0.2, 0) is 21.2 Å². The zero-order valence-electron chi connectivity index (χ0n) is 15.5. The molecule has 150 valence electrons. The summed E-state index contributed by atoms with van der Waals surface area (Å²) in [6.07, 6.45) is 0.333. The minimum absolute atomic E-state index is 0.0572. The minimum atomic E-state index is -4.03. The average molecular weight is 430 g/mol. The van der Waals surface area contributed by atoms with Crippen LogP contribution in [0.25, 0.3) is 0 Å². The predicted molar refractivity (Wildman–Crippen MR) is 115 cm³/mol. The molecule has 0 atom stereocenters. The molecule has 0 aliphatic heterocycles. The van der Waals surface area contributed by atoms with Crippen LogP contribution in [0, 0.1) is 0 Å². The fourth-order valence-electron chi connectivity index (χ4n) is 3.00. The van der Waals surface area contributed by atoms with Gasteiger partial charge in [-0.15, -0.1) is 0 Å². The average Bonchev–Trinajstić information content (AvgIpc) is 2.69. The zero-order valence-corrected chi connectivity index (χ0v) is 17.0. The molecule has 0 bridgehead atoms. The lowest BCUT2D eigenvalue weighted by molar-refractivity contribution is -0.116. The van der Waals surface area contributed by atoms with Gasteiger partial charge in [-0.2, -0.15) is 0 Å². The van der Waals surface area contributed by atoms with E-state index in [2.05, 4.69) is 0 Å². The van der Waals surface area contributed by atoms with E-state index in [1.54, 1.807) is 42.5 Å². The summed E-state index contributed by atoms with van der Waals surface area (Å²) in [5, 5.41) is 0.549. The van der Waals surface area contributed by atoms with Crippen molar-refractivity contribution in [2.24, 2.45) is 5.73 Å². The van der Waals surface area contributed by atoms with Gasteiger partial charge in [0, 0.05) is 17.1 Å². The van der Waals surface area contributed by atoms with Crippen molar-refractivity contribution in [1.82, 2.24) is 0 Å². The van der Waals surface area contributed by atoms with Gasteiger partial charge >= 0.3 is 0 Å². The highest BCUT2D eigenvalue weighted by Gasteiger charge is 2.28. The number of sulfonamides is 1. The van der Waals surface area contributed by atoms with E-state index in [0.29, 0.717) is 28.4 Å². The number of carbonyl (C=O) groups is 1. The molecule has 8 heteroatoms. The van der Waals surface area contributed by atoms with Gasteiger partial charge in [-0.25, -0.2) is 8.42 Å². The van der Waals surface area contributed by atoms with Crippen LogP contribution in [0.3, 0.4) is 0 Å². The molecule has 0 saturated heterocycles. The molecule has 0 aliphatic rings. The number of amides is 1.